The smallest absolute Gasteiger partial charge is 0.387 e. The fraction of sp³-hybridized carbons (Fsp3) is 0.300. The van der Waals surface area contributed by atoms with Crippen LogP contribution in [0.1, 0.15) is 11.1 Å². The van der Waals surface area contributed by atoms with Crippen molar-refractivity contribution in [3.8, 4) is 5.75 Å². The molecule has 17 heavy (non-hydrogen) atoms. The molecule has 3 nitrogen and oxygen atoms in total. The number of hydrogen-bond donors (Lipinski definition) is 1. The van der Waals surface area contributed by atoms with E-state index >= 15 is 0 Å². The molecule has 94 valence electrons. The van der Waals surface area contributed by atoms with Crippen LogP contribution in [0.5, 0.6) is 5.75 Å². The van der Waals surface area contributed by atoms with Gasteiger partial charge in [-0.1, -0.05) is 22.0 Å². The summed E-state index contributed by atoms with van der Waals surface area (Å²) in [6, 6.07) is 2.28. The van der Waals surface area contributed by atoms with Gasteiger partial charge in [0, 0.05) is 10.9 Å². The van der Waals surface area contributed by atoms with Crippen molar-refractivity contribution in [2.75, 3.05) is 0 Å². The molecule has 0 radical (unpaired) electrons. The van der Waals surface area contributed by atoms with Crippen molar-refractivity contribution in [1.82, 2.24) is 0 Å². The molecule has 0 spiro atoms. The van der Waals surface area contributed by atoms with E-state index in [9.17, 15) is 18.0 Å². The lowest BCUT2D eigenvalue weighted by atomic mass is 10.0. The predicted molar refractivity (Wildman–Crippen MR) is 57.0 cm³/mol. The van der Waals surface area contributed by atoms with E-state index in [1.54, 1.807) is 0 Å². The zero-order chi connectivity index (χ0) is 13.0. The van der Waals surface area contributed by atoms with E-state index in [2.05, 4.69) is 20.7 Å². The summed E-state index contributed by atoms with van der Waals surface area (Å²) in [5.74, 6) is -2.97. The Bertz CT molecular complexity index is 424. The van der Waals surface area contributed by atoms with E-state index in [0.717, 1.165) is 6.07 Å². The molecular formula is C10H8BrF3O3. The van der Waals surface area contributed by atoms with Crippen LogP contribution in [0, 0.1) is 5.82 Å². The van der Waals surface area contributed by atoms with E-state index in [-0.39, 0.29) is 10.9 Å². The summed E-state index contributed by atoms with van der Waals surface area (Å²) in [6.45, 7) is -3.21. The van der Waals surface area contributed by atoms with Crippen LogP contribution >= 0.6 is 15.9 Å². The van der Waals surface area contributed by atoms with Gasteiger partial charge in [-0.3, -0.25) is 4.79 Å². The average Bonchev–Trinajstić information content (AvgIpc) is 2.22. The lowest BCUT2D eigenvalue weighted by Crippen LogP contribution is -2.11. The van der Waals surface area contributed by atoms with Gasteiger partial charge in [0.2, 0.25) is 0 Å². The molecule has 0 aliphatic carbocycles. The van der Waals surface area contributed by atoms with Gasteiger partial charge in [0.15, 0.2) is 11.6 Å². The molecule has 0 amide bonds. The number of rotatable bonds is 5. The van der Waals surface area contributed by atoms with Crippen LogP contribution in [0.25, 0.3) is 0 Å². The maximum atomic E-state index is 13.3. The van der Waals surface area contributed by atoms with Gasteiger partial charge in [-0.25, -0.2) is 4.39 Å². The molecule has 1 aromatic rings. The van der Waals surface area contributed by atoms with Crippen molar-refractivity contribution in [3.05, 3.63) is 29.1 Å². The summed E-state index contributed by atoms with van der Waals surface area (Å²) in [4.78, 5) is 10.6. The Morgan fingerprint density at radius 2 is 2.12 bits per heavy atom. The second-order valence-corrected chi connectivity index (χ2v) is 3.66. The summed E-state index contributed by atoms with van der Waals surface area (Å²) in [6.07, 6.45) is -0.583. The molecular weight excluding hydrogens is 305 g/mol. The average molecular weight is 313 g/mol. The highest BCUT2D eigenvalue weighted by molar-refractivity contribution is 9.08. The van der Waals surface area contributed by atoms with Crippen molar-refractivity contribution in [2.24, 2.45) is 0 Å². The Hall–Kier alpha value is -1.24. The summed E-state index contributed by atoms with van der Waals surface area (Å²) in [5, 5.41) is 8.87. The lowest BCUT2D eigenvalue weighted by Gasteiger charge is -2.13. The number of halogens is 4. The van der Waals surface area contributed by atoms with Crippen LogP contribution in [0.4, 0.5) is 13.2 Å². The minimum atomic E-state index is -3.21. The molecule has 0 bridgehead atoms. The third-order valence-corrected chi connectivity index (χ3v) is 2.59. The predicted octanol–water partition coefficient (Wildman–Crippen LogP) is 2.95. The molecule has 0 unspecified atom stereocenters. The third-order valence-electron chi connectivity index (χ3n) is 1.99. The van der Waals surface area contributed by atoms with E-state index in [1.807, 2.05) is 0 Å². The Balaban J connectivity index is 3.25. The summed E-state index contributed by atoms with van der Waals surface area (Å²) < 4.78 is 41.5. The minimum absolute atomic E-state index is 0.0883. The fourth-order valence-corrected chi connectivity index (χ4v) is 1.85. The molecule has 1 aromatic carbocycles. The SMILES string of the molecule is O=C(O)Cc1c(CBr)ccc(F)c1OC(F)F. The molecule has 0 aromatic heterocycles. The number of carbonyl (C=O) groups is 1. The molecule has 0 aliphatic rings. The van der Waals surface area contributed by atoms with Gasteiger partial charge >= 0.3 is 12.6 Å². The summed E-state index contributed by atoms with van der Waals surface area (Å²) in [5.41, 5.74) is 0.305. The van der Waals surface area contributed by atoms with Gasteiger partial charge < -0.3 is 9.84 Å². The first kappa shape index (κ1) is 13.8. The van der Waals surface area contributed by atoms with E-state index in [1.165, 1.54) is 6.07 Å². The number of hydrogen-bond acceptors (Lipinski definition) is 2. The molecule has 0 saturated heterocycles. The van der Waals surface area contributed by atoms with Crippen molar-refractivity contribution in [3.63, 3.8) is 0 Å². The zero-order valence-corrected chi connectivity index (χ0v) is 10.0. The third kappa shape index (κ3) is 3.62. The summed E-state index contributed by atoms with van der Waals surface area (Å²) in [7, 11) is 0. The van der Waals surface area contributed by atoms with Crippen LogP contribution in [0.15, 0.2) is 12.1 Å². The molecule has 0 atom stereocenters. The van der Waals surface area contributed by atoms with Crippen LogP contribution in [-0.4, -0.2) is 17.7 Å². The number of carboxylic acids is 1. The normalized spacial score (nSPS) is 10.6. The number of ether oxygens (including phenoxy) is 1. The van der Waals surface area contributed by atoms with Gasteiger partial charge in [0.25, 0.3) is 0 Å². The Kier molecular flexibility index (Phi) is 4.80. The maximum absolute atomic E-state index is 13.3. The molecule has 0 fully saturated rings. The second-order valence-electron chi connectivity index (χ2n) is 3.10. The van der Waals surface area contributed by atoms with Crippen LogP contribution < -0.4 is 4.74 Å². The first-order chi connectivity index (χ1) is 7.95. The lowest BCUT2D eigenvalue weighted by molar-refractivity contribution is -0.136. The number of alkyl halides is 3. The van der Waals surface area contributed by atoms with Crippen LogP contribution in [0.3, 0.4) is 0 Å². The molecule has 0 aliphatic heterocycles. The first-order valence-corrected chi connectivity index (χ1v) is 5.60. The molecule has 1 N–H and O–H groups in total. The Morgan fingerprint density at radius 3 is 2.59 bits per heavy atom. The van der Waals surface area contributed by atoms with Crippen molar-refractivity contribution < 1.29 is 27.8 Å². The topological polar surface area (TPSA) is 46.5 Å². The number of benzene rings is 1. The summed E-state index contributed by atoms with van der Waals surface area (Å²) >= 11 is 3.06. The van der Waals surface area contributed by atoms with E-state index in [0.29, 0.717) is 5.56 Å². The van der Waals surface area contributed by atoms with E-state index < -0.39 is 30.6 Å². The second kappa shape index (κ2) is 5.90. The van der Waals surface area contributed by atoms with Crippen molar-refractivity contribution >= 4 is 21.9 Å². The molecule has 0 heterocycles. The molecule has 7 heteroatoms. The number of aliphatic carboxylic acids is 1. The van der Waals surface area contributed by atoms with Gasteiger partial charge in [-0.05, 0) is 11.6 Å². The van der Waals surface area contributed by atoms with Gasteiger partial charge in [0.05, 0.1) is 6.42 Å². The quantitative estimate of drug-likeness (QED) is 0.850. The zero-order valence-electron chi connectivity index (χ0n) is 8.42. The highest BCUT2D eigenvalue weighted by Crippen LogP contribution is 2.29. The van der Waals surface area contributed by atoms with E-state index in [4.69, 9.17) is 5.11 Å². The molecule has 0 saturated carbocycles. The highest BCUT2D eigenvalue weighted by atomic mass is 79.9. The minimum Gasteiger partial charge on any atom is -0.481 e. The van der Waals surface area contributed by atoms with Crippen LogP contribution in [-0.2, 0) is 16.5 Å². The number of carboxylic acid groups (broad SMARTS) is 1. The largest absolute Gasteiger partial charge is 0.481 e. The molecule has 1 rings (SSSR count). The Morgan fingerprint density at radius 1 is 1.47 bits per heavy atom. The van der Waals surface area contributed by atoms with Crippen molar-refractivity contribution in [1.29, 1.82) is 0 Å². The fourth-order valence-electron chi connectivity index (χ4n) is 1.33. The van der Waals surface area contributed by atoms with Crippen LogP contribution in [0.2, 0.25) is 0 Å². The first-order valence-electron chi connectivity index (χ1n) is 4.48. The Labute approximate surface area is 103 Å². The monoisotopic (exact) mass is 312 g/mol. The maximum Gasteiger partial charge on any atom is 0.387 e. The van der Waals surface area contributed by atoms with Gasteiger partial charge in [0.1, 0.15) is 0 Å². The highest BCUT2D eigenvalue weighted by Gasteiger charge is 2.19. The standard InChI is InChI=1S/C10H8BrF3O3/c11-4-5-1-2-7(12)9(17-10(13)14)6(5)3-8(15)16/h1-2,10H,3-4H2,(H,15,16). The van der Waals surface area contributed by atoms with Crippen molar-refractivity contribution in [2.45, 2.75) is 18.4 Å². The van der Waals surface area contributed by atoms with Gasteiger partial charge in [-0.2, -0.15) is 8.78 Å². The van der Waals surface area contributed by atoms with Gasteiger partial charge in [-0.15, -0.1) is 0 Å².